The number of hydrogen-bond donors (Lipinski definition) is 2. The average Bonchev–Trinajstić information content (AvgIpc) is 3.08. The van der Waals surface area contributed by atoms with E-state index in [1.165, 1.54) is 50.5 Å². The number of hydrogen-bond acceptors (Lipinski definition) is 3. The van der Waals surface area contributed by atoms with Crippen molar-refractivity contribution in [1.29, 1.82) is 0 Å². The lowest BCUT2D eigenvalue weighted by Gasteiger charge is -2.23. The molecule has 126 valence electrons. The van der Waals surface area contributed by atoms with E-state index in [0.29, 0.717) is 18.5 Å². The fourth-order valence-electron chi connectivity index (χ4n) is 3.60. The van der Waals surface area contributed by atoms with Gasteiger partial charge in [0.05, 0.1) is 6.54 Å². The number of guanidine groups is 1. The SMILES string of the molecule is Cc1cc(CN=C(N)NC2CCCCC2)cc(N2CCCC2)n1. The molecule has 0 radical (unpaired) electrons. The number of anilines is 1. The van der Waals surface area contributed by atoms with Crippen LogP contribution in [-0.4, -0.2) is 30.1 Å². The minimum absolute atomic E-state index is 0.506. The summed E-state index contributed by atoms with van der Waals surface area (Å²) in [6.07, 6.45) is 8.91. The quantitative estimate of drug-likeness (QED) is 0.662. The Kier molecular flexibility index (Phi) is 5.36. The number of nitrogens with one attached hydrogen (secondary N) is 1. The van der Waals surface area contributed by atoms with Crippen LogP contribution in [0.5, 0.6) is 0 Å². The summed E-state index contributed by atoms with van der Waals surface area (Å²) in [4.78, 5) is 11.6. The molecule has 1 aromatic rings. The zero-order chi connectivity index (χ0) is 16.1. The van der Waals surface area contributed by atoms with E-state index in [-0.39, 0.29) is 0 Å². The molecule has 1 aromatic heterocycles. The van der Waals surface area contributed by atoms with Gasteiger partial charge < -0.3 is 16.0 Å². The van der Waals surface area contributed by atoms with E-state index in [1.807, 2.05) is 0 Å². The Morgan fingerprint density at radius 3 is 2.70 bits per heavy atom. The van der Waals surface area contributed by atoms with Gasteiger partial charge in [-0.3, -0.25) is 0 Å². The Hall–Kier alpha value is -1.78. The van der Waals surface area contributed by atoms with E-state index >= 15 is 0 Å². The summed E-state index contributed by atoms with van der Waals surface area (Å²) in [7, 11) is 0. The topological polar surface area (TPSA) is 66.5 Å². The maximum atomic E-state index is 6.06. The number of aliphatic imine (C=N–C) groups is 1. The largest absolute Gasteiger partial charge is 0.370 e. The molecule has 5 nitrogen and oxygen atoms in total. The second kappa shape index (κ2) is 7.66. The molecule has 0 unspecified atom stereocenters. The van der Waals surface area contributed by atoms with E-state index in [2.05, 4.69) is 39.2 Å². The van der Waals surface area contributed by atoms with E-state index in [0.717, 1.165) is 24.6 Å². The third kappa shape index (κ3) is 4.60. The highest BCUT2D eigenvalue weighted by atomic mass is 15.2. The summed E-state index contributed by atoms with van der Waals surface area (Å²) in [6.45, 7) is 4.90. The summed E-state index contributed by atoms with van der Waals surface area (Å²) in [5, 5.41) is 3.38. The molecule has 2 aliphatic rings. The first kappa shape index (κ1) is 16.1. The van der Waals surface area contributed by atoms with Crippen molar-refractivity contribution >= 4 is 11.8 Å². The van der Waals surface area contributed by atoms with Crippen LogP contribution in [0.25, 0.3) is 0 Å². The molecule has 3 rings (SSSR count). The first-order chi connectivity index (χ1) is 11.2. The van der Waals surface area contributed by atoms with Crippen molar-refractivity contribution < 1.29 is 0 Å². The smallest absolute Gasteiger partial charge is 0.189 e. The molecule has 0 spiro atoms. The zero-order valence-electron chi connectivity index (χ0n) is 14.2. The number of rotatable bonds is 4. The van der Waals surface area contributed by atoms with Crippen LogP contribution in [0.4, 0.5) is 5.82 Å². The molecular weight excluding hydrogens is 286 g/mol. The number of nitrogens with zero attached hydrogens (tertiary/aromatic N) is 3. The Labute approximate surface area is 139 Å². The van der Waals surface area contributed by atoms with E-state index in [9.17, 15) is 0 Å². The van der Waals surface area contributed by atoms with Gasteiger partial charge in [-0.05, 0) is 50.3 Å². The Morgan fingerprint density at radius 2 is 1.96 bits per heavy atom. The Balaban J connectivity index is 1.61. The van der Waals surface area contributed by atoms with E-state index < -0.39 is 0 Å². The fraction of sp³-hybridized carbons (Fsp3) is 0.667. The van der Waals surface area contributed by atoms with E-state index in [4.69, 9.17) is 5.73 Å². The van der Waals surface area contributed by atoms with Crippen LogP contribution in [-0.2, 0) is 6.54 Å². The molecule has 2 heterocycles. The van der Waals surface area contributed by atoms with Crippen molar-refractivity contribution in [3.63, 3.8) is 0 Å². The van der Waals surface area contributed by atoms with Gasteiger partial charge in [-0.2, -0.15) is 0 Å². The van der Waals surface area contributed by atoms with Gasteiger partial charge in [-0.25, -0.2) is 9.98 Å². The molecule has 1 saturated carbocycles. The standard InChI is InChI=1S/C18H29N5/c1-14-11-15(12-17(21-14)23-9-5-6-10-23)13-20-18(19)22-16-7-3-2-4-8-16/h11-12,16H,2-10,13H2,1H3,(H3,19,20,22). The highest BCUT2D eigenvalue weighted by Gasteiger charge is 2.15. The van der Waals surface area contributed by atoms with Crippen molar-refractivity contribution in [3.8, 4) is 0 Å². The lowest BCUT2D eigenvalue weighted by Crippen LogP contribution is -2.41. The third-order valence-corrected chi connectivity index (χ3v) is 4.82. The molecule has 0 amide bonds. The molecule has 23 heavy (non-hydrogen) atoms. The predicted octanol–water partition coefficient (Wildman–Crippen LogP) is 2.73. The van der Waals surface area contributed by atoms with Crippen molar-refractivity contribution in [2.24, 2.45) is 10.7 Å². The molecule has 2 fully saturated rings. The molecule has 1 aliphatic carbocycles. The van der Waals surface area contributed by atoms with Gasteiger partial charge in [0.15, 0.2) is 5.96 Å². The van der Waals surface area contributed by atoms with Gasteiger partial charge in [0.2, 0.25) is 0 Å². The predicted molar refractivity (Wildman–Crippen MR) is 95.8 cm³/mol. The van der Waals surface area contributed by atoms with E-state index in [1.54, 1.807) is 0 Å². The van der Waals surface area contributed by atoms with Crippen LogP contribution in [0.3, 0.4) is 0 Å². The van der Waals surface area contributed by atoms with Crippen LogP contribution >= 0.6 is 0 Å². The molecule has 0 atom stereocenters. The minimum atomic E-state index is 0.506. The van der Waals surface area contributed by atoms with Gasteiger partial charge in [-0.15, -0.1) is 0 Å². The molecule has 1 aliphatic heterocycles. The van der Waals surface area contributed by atoms with Crippen molar-refractivity contribution in [2.75, 3.05) is 18.0 Å². The maximum absolute atomic E-state index is 6.06. The summed E-state index contributed by atoms with van der Waals surface area (Å²) in [6, 6.07) is 4.78. The summed E-state index contributed by atoms with van der Waals surface area (Å²) in [5.74, 6) is 1.67. The number of nitrogens with two attached hydrogens (primary N) is 1. The molecule has 5 heteroatoms. The lowest BCUT2D eigenvalue weighted by atomic mass is 9.96. The molecule has 0 aromatic carbocycles. The summed E-state index contributed by atoms with van der Waals surface area (Å²) >= 11 is 0. The van der Waals surface area contributed by atoms with Crippen LogP contribution < -0.4 is 16.0 Å². The highest BCUT2D eigenvalue weighted by Crippen LogP contribution is 2.20. The van der Waals surface area contributed by atoms with Crippen LogP contribution in [0, 0.1) is 6.92 Å². The van der Waals surface area contributed by atoms with Gasteiger partial charge in [0, 0.05) is 24.8 Å². The van der Waals surface area contributed by atoms with Gasteiger partial charge in [0.1, 0.15) is 5.82 Å². The molecular formula is C18H29N5. The van der Waals surface area contributed by atoms with Crippen molar-refractivity contribution in [3.05, 3.63) is 23.4 Å². The first-order valence-corrected chi connectivity index (χ1v) is 9.00. The molecule has 1 saturated heterocycles. The van der Waals surface area contributed by atoms with Gasteiger partial charge in [-0.1, -0.05) is 19.3 Å². The zero-order valence-corrected chi connectivity index (χ0v) is 14.2. The van der Waals surface area contributed by atoms with Crippen LogP contribution in [0.15, 0.2) is 17.1 Å². The normalized spacial score (nSPS) is 20.0. The fourth-order valence-corrected chi connectivity index (χ4v) is 3.60. The minimum Gasteiger partial charge on any atom is -0.370 e. The second-order valence-electron chi connectivity index (χ2n) is 6.85. The summed E-state index contributed by atoms with van der Waals surface area (Å²) < 4.78 is 0. The number of aryl methyl sites for hydroxylation is 1. The second-order valence-corrected chi connectivity index (χ2v) is 6.85. The highest BCUT2D eigenvalue weighted by molar-refractivity contribution is 5.78. The lowest BCUT2D eigenvalue weighted by molar-refractivity contribution is 0.412. The molecule has 3 N–H and O–H groups in total. The maximum Gasteiger partial charge on any atom is 0.189 e. The van der Waals surface area contributed by atoms with Crippen molar-refractivity contribution in [1.82, 2.24) is 10.3 Å². The monoisotopic (exact) mass is 315 g/mol. The van der Waals surface area contributed by atoms with Gasteiger partial charge in [0.25, 0.3) is 0 Å². The Morgan fingerprint density at radius 1 is 1.22 bits per heavy atom. The Bertz CT molecular complexity index is 542. The number of pyridine rings is 1. The third-order valence-electron chi connectivity index (χ3n) is 4.82. The summed E-state index contributed by atoms with van der Waals surface area (Å²) in [5.41, 5.74) is 8.31. The first-order valence-electron chi connectivity index (χ1n) is 9.00. The molecule has 0 bridgehead atoms. The number of aromatic nitrogens is 1. The van der Waals surface area contributed by atoms with Gasteiger partial charge >= 0.3 is 0 Å². The van der Waals surface area contributed by atoms with Crippen molar-refractivity contribution in [2.45, 2.75) is 64.5 Å². The van der Waals surface area contributed by atoms with Crippen LogP contribution in [0.1, 0.15) is 56.2 Å². The average molecular weight is 315 g/mol. The van der Waals surface area contributed by atoms with Crippen LogP contribution in [0.2, 0.25) is 0 Å².